The normalized spacial score (nSPS) is 11.1. The summed E-state index contributed by atoms with van der Waals surface area (Å²) in [4.78, 5) is 9.61. The summed E-state index contributed by atoms with van der Waals surface area (Å²) < 4.78 is 0. The van der Waals surface area contributed by atoms with Gasteiger partial charge in [-0.1, -0.05) is 13.8 Å². The van der Waals surface area contributed by atoms with E-state index in [1.807, 2.05) is 19.9 Å². The van der Waals surface area contributed by atoms with E-state index in [9.17, 15) is 10.1 Å². The number of hydrogen-bond donors (Lipinski definition) is 1. The van der Waals surface area contributed by atoms with Crippen molar-refractivity contribution in [2.24, 2.45) is 5.73 Å². The Labute approximate surface area is 83.7 Å². The molecule has 78 valence electrons. The Morgan fingerprint density at radius 3 is 2.36 bits per heavy atom. The molecule has 5 nitrogen and oxygen atoms in total. The highest BCUT2D eigenvalue weighted by Crippen LogP contribution is 1.96. The molecule has 0 amide bonds. The third-order valence-corrected chi connectivity index (χ3v) is 1.15. The van der Waals surface area contributed by atoms with Gasteiger partial charge in [0.1, 0.15) is 0 Å². The fourth-order valence-corrected chi connectivity index (χ4v) is 0.462. The van der Waals surface area contributed by atoms with Gasteiger partial charge in [-0.05, 0) is 13.0 Å². The first kappa shape index (κ1) is 14.8. The predicted molar refractivity (Wildman–Crippen MR) is 54.8 cm³/mol. The third-order valence-electron chi connectivity index (χ3n) is 1.15. The molecule has 0 aromatic heterocycles. The SMILES string of the molecule is C/C(C#N)=C\C=C(/CN)[N+](=O)[O-].CC. The lowest BCUT2D eigenvalue weighted by Crippen LogP contribution is -2.10. The Morgan fingerprint density at radius 2 is 2.07 bits per heavy atom. The van der Waals surface area contributed by atoms with Crippen LogP contribution in [0.1, 0.15) is 20.8 Å². The van der Waals surface area contributed by atoms with Crippen molar-refractivity contribution in [1.82, 2.24) is 0 Å². The van der Waals surface area contributed by atoms with Gasteiger partial charge in [-0.2, -0.15) is 5.26 Å². The van der Waals surface area contributed by atoms with Gasteiger partial charge in [0, 0.05) is 11.6 Å². The molecular weight excluding hydrogens is 182 g/mol. The summed E-state index contributed by atoms with van der Waals surface area (Å²) in [7, 11) is 0. The summed E-state index contributed by atoms with van der Waals surface area (Å²) in [5.41, 5.74) is 5.38. The molecule has 0 aromatic carbocycles. The summed E-state index contributed by atoms with van der Waals surface area (Å²) >= 11 is 0. The molecule has 0 fully saturated rings. The van der Waals surface area contributed by atoms with Crippen LogP contribution in [0.2, 0.25) is 0 Å². The van der Waals surface area contributed by atoms with Gasteiger partial charge in [0.2, 0.25) is 0 Å². The minimum absolute atomic E-state index is 0.107. The van der Waals surface area contributed by atoms with Crippen LogP contribution in [0, 0.1) is 21.4 Å². The van der Waals surface area contributed by atoms with E-state index in [0.717, 1.165) is 0 Å². The second-order valence-electron chi connectivity index (χ2n) is 2.08. The largest absolute Gasteiger partial charge is 0.321 e. The van der Waals surface area contributed by atoms with Crippen molar-refractivity contribution in [3.63, 3.8) is 0 Å². The van der Waals surface area contributed by atoms with Gasteiger partial charge in [-0.25, -0.2) is 0 Å². The summed E-state index contributed by atoms with van der Waals surface area (Å²) in [5, 5.41) is 18.5. The molecule has 0 spiro atoms. The van der Waals surface area contributed by atoms with E-state index in [2.05, 4.69) is 0 Å². The molecule has 0 aliphatic rings. The molecule has 0 heterocycles. The maximum absolute atomic E-state index is 10.2. The van der Waals surface area contributed by atoms with E-state index >= 15 is 0 Å². The smallest absolute Gasteiger partial charge is 0.259 e. The zero-order valence-electron chi connectivity index (χ0n) is 8.65. The highest BCUT2D eigenvalue weighted by Gasteiger charge is 2.04. The lowest BCUT2D eigenvalue weighted by atomic mass is 10.3. The average molecular weight is 197 g/mol. The summed E-state index contributed by atoms with van der Waals surface area (Å²) in [6.07, 6.45) is 2.60. The van der Waals surface area contributed by atoms with E-state index in [1.165, 1.54) is 12.2 Å². The molecule has 0 radical (unpaired) electrons. The topological polar surface area (TPSA) is 93.0 Å². The first-order chi connectivity index (χ1) is 6.61. The minimum Gasteiger partial charge on any atom is -0.321 e. The average Bonchev–Trinajstić information content (AvgIpc) is 2.21. The van der Waals surface area contributed by atoms with Crippen molar-refractivity contribution in [2.75, 3.05) is 6.54 Å². The first-order valence-electron chi connectivity index (χ1n) is 4.23. The van der Waals surface area contributed by atoms with Gasteiger partial charge in [0.25, 0.3) is 5.70 Å². The molecule has 0 saturated heterocycles. The van der Waals surface area contributed by atoms with Gasteiger partial charge < -0.3 is 5.73 Å². The van der Waals surface area contributed by atoms with Crippen molar-refractivity contribution in [1.29, 1.82) is 5.26 Å². The van der Waals surface area contributed by atoms with Crippen LogP contribution >= 0.6 is 0 Å². The van der Waals surface area contributed by atoms with Gasteiger partial charge in [-0.3, -0.25) is 10.1 Å². The molecule has 0 atom stereocenters. The van der Waals surface area contributed by atoms with Crippen LogP contribution in [-0.4, -0.2) is 11.5 Å². The highest BCUT2D eigenvalue weighted by atomic mass is 16.6. The molecule has 0 aromatic rings. The highest BCUT2D eigenvalue weighted by molar-refractivity contribution is 5.24. The maximum atomic E-state index is 10.2. The number of nitrogens with two attached hydrogens (primary N) is 1. The van der Waals surface area contributed by atoms with Crippen molar-refractivity contribution in [3.8, 4) is 6.07 Å². The number of allylic oxidation sites excluding steroid dienone is 3. The van der Waals surface area contributed by atoms with Crippen molar-refractivity contribution >= 4 is 0 Å². The van der Waals surface area contributed by atoms with Gasteiger partial charge in [0.15, 0.2) is 0 Å². The molecule has 5 heteroatoms. The van der Waals surface area contributed by atoms with Crippen LogP contribution in [0.25, 0.3) is 0 Å². The van der Waals surface area contributed by atoms with Crippen molar-refractivity contribution < 1.29 is 4.92 Å². The van der Waals surface area contributed by atoms with E-state index in [1.54, 1.807) is 6.92 Å². The fourth-order valence-electron chi connectivity index (χ4n) is 0.462. The monoisotopic (exact) mass is 197 g/mol. The van der Waals surface area contributed by atoms with Gasteiger partial charge in [-0.15, -0.1) is 0 Å². The zero-order chi connectivity index (χ0) is 11.6. The van der Waals surface area contributed by atoms with Crippen LogP contribution in [0.15, 0.2) is 23.4 Å². The second kappa shape index (κ2) is 9.42. The molecule has 0 aliphatic carbocycles. The van der Waals surface area contributed by atoms with E-state index in [0.29, 0.717) is 5.57 Å². The summed E-state index contributed by atoms with van der Waals surface area (Å²) in [6.45, 7) is 5.42. The van der Waals surface area contributed by atoms with Crippen LogP contribution < -0.4 is 5.73 Å². The zero-order valence-corrected chi connectivity index (χ0v) is 8.65. The van der Waals surface area contributed by atoms with E-state index in [4.69, 9.17) is 11.0 Å². The number of nitriles is 1. The number of hydrogen-bond acceptors (Lipinski definition) is 4. The Morgan fingerprint density at radius 1 is 1.57 bits per heavy atom. The standard InChI is InChI=1S/C7H9N3O2.C2H6/c1-6(4-8)2-3-7(5-9)10(11)12;1-2/h2-3H,5,9H2,1H3;1-2H3/b6-2+,7-3+;. The predicted octanol–water partition coefficient (Wildman–Crippen LogP) is 1.60. The lowest BCUT2D eigenvalue weighted by molar-refractivity contribution is -0.425. The number of rotatable bonds is 3. The molecule has 0 saturated carbocycles. The van der Waals surface area contributed by atoms with Crippen molar-refractivity contribution in [2.45, 2.75) is 20.8 Å². The van der Waals surface area contributed by atoms with Crippen molar-refractivity contribution in [3.05, 3.63) is 33.5 Å². The molecule has 0 rings (SSSR count). The molecular formula is C9H15N3O2. The maximum Gasteiger partial charge on any atom is 0.259 e. The summed E-state index contributed by atoms with van der Waals surface area (Å²) in [5.74, 6) is 0. The molecule has 0 aliphatic heterocycles. The lowest BCUT2D eigenvalue weighted by Gasteiger charge is -1.89. The number of nitrogens with zero attached hydrogens (tertiary/aromatic N) is 2. The van der Waals surface area contributed by atoms with Crippen LogP contribution in [-0.2, 0) is 0 Å². The van der Waals surface area contributed by atoms with E-state index < -0.39 is 4.92 Å². The second-order valence-corrected chi connectivity index (χ2v) is 2.08. The number of nitro groups is 1. The first-order valence-corrected chi connectivity index (χ1v) is 4.23. The Kier molecular flexibility index (Phi) is 9.98. The molecule has 0 unspecified atom stereocenters. The fraction of sp³-hybridized carbons (Fsp3) is 0.444. The van der Waals surface area contributed by atoms with Gasteiger partial charge >= 0.3 is 0 Å². The molecule has 14 heavy (non-hydrogen) atoms. The van der Waals surface area contributed by atoms with Crippen LogP contribution in [0.5, 0.6) is 0 Å². The van der Waals surface area contributed by atoms with E-state index in [-0.39, 0.29) is 12.2 Å². The Hall–Kier alpha value is -1.67. The molecule has 2 N–H and O–H groups in total. The molecule has 0 bridgehead atoms. The van der Waals surface area contributed by atoms with Crippen LogP contribution in [0.3, 0.4) is 0 Å². The van der Waals surface area contributed by atoms with Gasteiger partial charge in [0.05, 0.1) is 17.5 Å². The minimum atomic E-state index is -0.568. The van der Waals surface area contributed by atoms with Crippen LogP contribution in [0.4, 0.5) is 0 Å². The quantitative estimate of drug-likeness (QED) is 0.322. The Balaban J connectivity index is 0. The Bertz CT molecular complexity index is 274. The third kappa shape index (κ3) is 7.00. The summed E-state index contributed by atoms with van der Waals surface area (Å²) in [6, 6.07) is 1.84.